The minimum atomic E-state index is -2.94. The molecule has 166 valence electrons. The highest BCUT2D eigenvalue weighted by molar-refractivity contribution is 6.07. The summed E-state index contributed by atoms with van der Waals surface area (Å²) in [5.41, 5.74) is 1.48. The van der Waals surface area contributed by atoms with Gasteiger partial charge >= 0.3 is 6.61 Å². The fourth-order valence-corrected chi connectivity index (χ4v) is 4.17. The molecule has 0 spiro atoms. The lowest BCUT2D eigenvalue weighted by atomic mass is 9.95. The minimum Gasteiger partial charge on any atom is -0.434 e. The number of carbonyl (C=O) groups is 2. The number of anilines is 1. The molecule has 1 aliphatic heterocycles. The number of nitrogens with one attached hydrogen (secondary N) is 1. The summed E-state index contributed by atoms with van der Waals surface area (Å²) in [5, 5.41) is 4.70. The van der Waals surface area contributed by atoms with E-state index >= 15 is 0 Å². The molecule has 0 saturated carbocycles. The molecule has 2 amide bonds. The molecule has 1 fully saturated rings. The molecule has 1 atom stereocenters. The van der Waals surface area contributed by atoms with Crippen LogP contribution in [0.15, 0.2) is 60.7 Å². The third-order valence-corrected chi connectivity index (χ3v) is 5.86. The number of benzene rings is 3. The Morgan fingerprint density at radius 2 is 1.81 bits per heavy atom. The van der Waals surface area contributed by atoms with Gasteiger partial charge in [0, 0.05) is 29.9 Å². The van der Waals surface area contributed by atoms with Crippen LogP contribution in [0.5, 0.6) is 5.75 Å². The quantitative estimate of drug-likeness (QED) is 0.593. The number of hydrogen-bond donors (Lipinski definition) is 1. The molecule has 0 aromatic heterocycles. The third kappa shape index (κ3) is 4.56. The van der Waals surface area contributed by atoms with Crippen LogP contribution in [0.4, 0.5) is 14.5 Å². The van der Waals surface area contributed by atoms with Gasteiger partial charge in [-0.15, -0.1) is 0 Å². The Morgan fingerprint density at radius 3 is 2.62 bits per heavy atom. The van der Waals surface area contributed by atoms with Gasteiger partial charge in [-0.25, -0.2) is 0 Å². The molecule has 1 unspecified atom stereocenters. The van der Waals surface area contributed by atoms with Gasteiger partial charge in [-0.05, 0) is 48.7 Å². The van der Waals surface area contributed by atoms with Crippen LogP contribution < -0.4 is 10.1 Å². The SMILES string of the molecule is Cc1c(NC(=O)C2CCCN(C(=O)c3cccc4ccccc34)C2)cccc1OC(F)F. The van der Waals surface area contributed by atoms with E-state index in [-0.39, 0.29) is 23.5 Å². The molecule has 5 nitrogen and oxygen atoms in total. The highest BCUT2D eigenvalue weighted by Crippen LogP contribution is 2.29. The van der Waals surface area contributed by atoms with Crippen LogP contribution in [0.2, 0.25) is 0 Å². The first-order valence-corrected chi connectivity index (χ1v) is 10.6. The summed E-state index contributed by atoms with van der Waals surface area (Å²) < 4.78 is 29.7. The molecule has 1 saturated heterocycles. The molecule has 1 aliphatic rings. The Labute approximate surface area is 185 Å². The van der Waals surface area contributed by atoms with Crippen LogP contribution in [0, 0.1) is 12.8 Å². The summed E-state index contributed by atoms with van der Waals surface area (Å²) in [5.74, 6) is -0.698. The number of nitrogens with zero attached hydrogens (tertiary/aromatic N) is 1. The Hall–Kier alpha value is -3.48. The minimum absolute atomic E-state index is 0.0224. The standard InChI is InChI=1S/C25H24F2N2O3/c1-16-21(12-5-13-22(16)32-25(26)27)28-23(30)18-9-6-14-29(15-18)24(31)20-11-4-8-17-7-2-3-10-19(17)20/h2-5,7-8,10-13,18,25H,6,9,14-15H2,1H3,(H,28,30). The normalized spacial score (nSPS) is 16.2. The van der Waals surface area contributed by atoms with Crippen LogP contribution in [0.3, 0.4) is 0 Å². The maximum Gasteiger partial charge on any atom is 0.387 e. The molecule has 0 radical (unpaired) electrons. The van der Waals surface area contributed by atoms with Gasteiger partial charge in [-0.1, -0.05) is 42.5 Å². The van der Waals surface area contributed by atoms with Crippen molar-refractivity contribution in [1.82, 2.24) is 4.90 Å². The third-order valence-electron chi connectivity index (χ3n) is 5.86. The molecule has 4 rings (SSSR count). The van der Waals surface area contributed by atoms with Gasteiger partial charge in [-0.3, -0.25) is 9.59 Å². The van der Waals surface area contributed by atoms with E-state index in [0.29, 0.717) is 42.7 Å². The second kappa shape index (κ2) is 9.34. The monoisotopic (exact) mass is 438 g/mol. The molecule has 1 N–H and O–H groups in total. The fraction of sp³-hybridized carbons (Fsp3) is 0.280. The molecule has 32 heavy (non-hydrogen) atoms. The van der Waals surface area contributed by atoms with Crippen LogP contribution in [0.1, 0.15) is 28.8 Å². The largest absolute Gasteiger partial charge is 0.434 e. The maximum atomic E-state index is 13.2. The molecule has 7 heteroatoms. The topological polar surface area (TPSA) is 58.6 Å². The first-order chi connectivity index (χ1) is 15.4. The van der Waals surface area contributed by atoms with E-state index in [4.69, 9.17) is 0 Å². The van der Waals surface area contributed by atoms with Gasteiger partial charge in [0.2, 0.25) is 5.91 Å². The van der Waals surface area contributed by atoms with Crippen molar-refractivity contribution in [1.29, 1.82) is 0 Å². The van der Waals surface area contributed by atoms with E-state index in [0.717, 1.165) is 10.8 Å². The zero-order valence-corrected chi connectivity index (χ0v) is 17.7. The summed E-state index contributed by atoms with van der Waals surface area (Å²) >= 11 is 0. The molecule has 0 aliphatic carbocycles. The Bertz CT molecular complexity index is 1140. The zero-order valence-electron chi connectivity index (χ0n) is 17.7. The number of rotatable bonds is 5. The molecule has 3 aromatic carbocycles. The maximum absolute atomic E-state index is 13.2. The summed E-state index contributed by atoms with van der Waals surface area (Å²) in [6, 6.07) is 18.0. The zero-order chi connectivity index (χ0) is 22.7. The van der Waals surface area contributed by atoms with Crippen molar-refractivity contribution in [2.75, 3.05) is 18.4 Å². The van der Waals surface area contributed by atoms with Crippen LogP contribution in [0.25, 0.3) is 10.8 Å². The van der Waals surface area contributed by atoms with E-state index in [1.807, 2.05) is 42.5 Å². The number of piperidine rings is 1. The Balaban J connectivity index is 1.48. The van der Waals surface area contributed by atoms with Crippen molar-refractivity contribution in [3.63, 3.8) is 0 Å². The lowest BCUT2D eigenvalue weighted by molar-refractivity contribution is -0.121. The predicted octanol–water partition coefficient (Wildman–Crippen LogP) is 5.24. The molecular formula is C25H24F2N2O3. The Kier molecular flexibility index (Phi) is 6.35. The van der Waals surface area contributed by atoms with Crippen molar-refractivity contribution in [3.05, 3.63) is 71.8 Å². The number of carbonyl (C=O) groups excluding carboxylic acids is 2. The smallest absolute Gasteiger partial charge is 0.387 e. The van der Waals surface area contributed by atoms with Crippen molar-refractivity contribution in [3.8, 4) is 5.75 Å². The Morgan fingerprint density at radius 1 is 1.06 bits per heavy atom. The van der Waals surface area contributed by atoms with Crippen LogP contribution in [-0.2, 0) is 4.79 Å². The van der Waals surface area contributed by atoms with Gasteiger partial charge in [0.1, 0.15) is 5.75 Å². The first kappa shape index (κ1) is 21.7. The number of alkyl halides is 2. The second-order valence-corrected chi connectivity index (χ2v) is 7.91. The number of ether oxygens (including phenoxy) is 1. The van der Waals surface area contributed by atoms with Gasteiger partial charge in [0.15, 0.2) is 0 Å². The second-order valence-electron chi connectivity index (χ2n) is 7.91. The number of halogens is 2. The predicted molar refractivity (Wildman–Crippen MR) is 119 cm³/mol. The number of fused-ring (bicyclic) bond motifs is 1. The van der Waals surface area contributed by atoms with Gasteiger partial charge in [-0.2, -0.15) is 8.78 Å². The highest BCUT2D eigenvalue weighted by Gasteiger charge is 2.30. The number of hydrogen-bond acceptors (Lipinski definition) is 3. The number of amides is 2. The molecule has 3 aromatic rings. The fourth-order valence-electron chi connectivity index (χ4n) is 4.17. The van der Waals surface area contributed by atoms with E-state index in [1.54, 1.807) is 24.0 Å². The van der Waals surface area contributed by atoms with Crippen molar-refractivity contribution < 1.29 is 23.1 Å². The van der Waals surface area contributed by atoms with Crippen LogP contribution in [-0.4, -0.2) is 36.4 Å². The van der Waals surface area contributed by atoms with Gasteiger partial charge in [0.05, 0.1) is 5.92 Å². The molecule has 0 bridgehead atoms. The van der Waals surface area contributed by atoms with E-state index in [9.17, 15) is 18.4 Å². The first-order valence-electron chi connectivity index (χ1n) is 10.6. The van der Waals surface area contributed by atoms with Crippen molar-refractivity contribution in [2.24, 2.45) is 5.92 Å². The lowest BCUT2D eigenvalue weighted by Gasteiger charge is -2.32. The van der Waals surface area contributed by atoms with E-state index in [2.05, 4.69) is 10.1 Å². The van der Waals surface area contributed by atoms with Gasteiger partial charge in [0.25, 0.3) is 5.91 Å². The van der Waals surface area contributed by atoms with E-state index < -0.39 is 6.61 Å². The van der Waals surface area contributed by atoms with Crippen molar-refractivity contribution in [2.45, 2.75) is 26.4 Å². The van der Waals surface area contributed by atoms with Gasteiger partial charge < -0.3 is 15.0 Å². The highest BCUT2D eigenvalue weighted by atomic mass is 19.3. The molecular weight excluding hydrogens is 414 g/mol. The summed E-state index contributed by atoms with van der Waals surface area (Å²) in [6.07, 6.45) is 1.36. The van der Waals surface area contributed by atoms with Crippen LogP contribution >= 0.6 is 0 Å². The summed E-state index contributed by atoms with van der Waals surface area (Å²) in [7, 11) is 0. The number of likely N-dealkylation sites (tertiary alicyclic amines) is 1. The van der Waals surface area contributed by atoms with Crippen molar-refractivity contribution >= 4 is 28.3 Å². The lowest BCUT2D eigenvalue weighted by Crippen LogP contribution is -2.43. The average Bonchev–Trinajstić information content (AvgIpc) is 2.80. The molecule has 1 heterocycles. The summed E-state index contributed by atoms with van der Waals surface area (Å²) in [4.78, 5) is 27.9. The summed E-state index contributed by atoms with van der Waals surface area (Å²) in [6.45, 7) is -0.431. The average molecular weight is 438 g/mol. The van der Waals surface area contributed by atoms with E-state index in [1.165, 1.54) is 6.07 Å².